The highest BCUT2D eigenvalue weighted by molar-refractivity contribution is 7.89. The number of hydrogen-bond acceptors (Lipinski definition) is 3. The van der Waals surface area contributed by atoms with E-state index in [0.717, 1.165) is 5.56 Å². The van der Waals surface area contributed by atoms with Crippen LogP contribution in [0, 0.1) is 0 Å². The quantitative estimate of drug-likeness (QED) is 0.864. The van der Waals surface area contributed by atoms with E-state index in [1.807, 2.05) is 44.2 Å². The number of nitrogens with zero attached hydrogens (tertiary/aromatic N) is 1. The first-order valence-electron chi connectivity index (χ1n) is 6.83. The molecule has 4 nitrogen and oxygen atoms in total. The molecular formula is C16H20N2O2S. The van der Waals surface area contributed by atoms with Crippen molar-refractivity contribution < 1.29 is 8.42 Å². The van der Waals surface area contributed by atoms with Gasteiger partial charge >= 0.3 is 0 Å². The molecule has 2 rings (SSSR count). The third-order valence-electron chi connectivity index (χ3n) is 3.26. The lowest BCUT2D eigenvalue weighted by atomic mass is 10.2. The van der Waals surface area contributed by atoms with Gasteiger partial charge in [-0.3, -0.25) is 0 Å². The van der Waals surface area contributed by atoms with Gasteiger partial charge in [-0.15, -0.1) is 0 Å². The molecule has 112 valence electrons. The summed E-state index contributed by atoms with van der Waals surface area (Å²) in [6.45, 7) is 4.05. The molecule has 0 fully saturated rings. The number of para-hydroxylation sites is 1. The maximum Gasteiger partial charge on any atom is 0.245 e. The lowest BCUT2D eigenvalue weighted by molar-refractivity contribution is 0.348. The second-order valence-electron chi connectivity index (χ2n) is 5.17. The maximum absolute atomic E-state index is 12.8. The molecule has 0 aromatic heterocycles. The molecule has 0 aliphatic rings. The molecule has 5 heteroatoms. The third-order valence-corrected chi connectivity index (χ3v) is 5.36. The van der Waals surface area contributed by atoms with Crippen LogP contribution >= 0.6 is 0 Å². The minimum atomic E-state index is -3.62. The van der Waals surface area contributed by atoms with Crippen molar-refractivity contribution in [2.24, 2.45) is 0 Å². The van der Waals surface area contributed by atoms with Crippen molar-refractivity contribution in [1.82, 2.24) is 4.31 Å². The molecule has 0 aliphatic carbocycles. The number of rotatable bonds is 5. The molecule has 21 heavy (non-hydrogen) atoms. The van der Waals surface area contributed by atoms with Crippen molar-refractivity contribution in [3.05, 3.63) is 60.2 Å². The zero-order valence-corrected chi connectivity index (χ0v) is 13.0. The van der Waals surface area contributed by atoms with Crippen molar-refractivity contribution in [3.63, 3.8) is 0 Å². The summed E-state index contributed by atoms with van der Waals surface area (Å²) in [5, 5.41) is 0. The van der Waals surface area contributed by atoms with E-state index in [0.29, 0.717) is 6.54 Å². The number of anilines is 1. The fraction of sp³-hybridized carbons (Fsp3) is 0.250. The van der Waals surface area contributed by atoms with Gasteiger partial charge in [-0.05, 0) is 31.5 Å². The van der Waals surface area contributed by atoms with Crippen LogP contribution in [-0.2, 0) is 16.6 Å². The lowest BCUT2D eigenvalue weighted by Crippen LogP contribution is -2.36. The van der Waals surface area contributed by atoms with Gasteiger partial charge in [0.05, 0.1) is 5.69 Å². The zero-order chi connectivity index (χ0) is 15.5. The second kappa shape index (κ2) is 6.28. The van der Waals surface area contributed by atoms with Gasteiger partial charge in [0.15, 0.2) is 0 Å². The molecular weight excluding hydrogens is 284 g/mol. The first kappa shape index (κ1) is 15.5. The summed E-state index contributed by atoms with van der Waals surface area (Å²) in [5.74, 6) is 0. The Kier molecular flexibility index (Phi) is 4.65. The topological polar surface area (TPSA) is 63.4 Å². The number of sulfonamides is 1. The highest BCUT2D eigenvalue weighted by Crippen LogP contribution is 2.25. The Labute approximate surface area is 126 Å². The van der Waals surface area contributed by atoms with Gasteiger partial charge in [-0.1, -0.05) is 42.5 Å². The average molecular weight is 304 g/mol. The fourth-order valence-corrected chi connectivity index (χ4v) is 3.89. The van der Waals surface area contributed by atoms with Gasteiger partial charge < -0.3 is 5.73 Å². The summed E-state index contributed by atoms with van der Waals surface area (Å²) >= 11 is 0. The van der Waals surface area contributed by atoms with Crippen molar-refractivity contribution in [2.75, 3.05) is 5.73 Å². The van der Waals surface area contributed by atoms with E-state index >= 15 is 0 Å². The summed E-state index contributed by atoms with van der Waals surface area (Å²) in [6.07, 6.45) is 0. The zero-order valence-electron chi connectivity index (χ0n) is 12.2. The van der Waals surface area contributed by atoms with Crippen LogP contribution in [0.25, 0.3) is 0 Å². The van der Waals surface area contributed by atoms with E-state index in [1.165, 1.54) is 4.31 Å². The van der Waals surface area contributed by atoms with Crippen LogP contribution in [-0.4, -0.2) is 18.8 Å². The van der Waals surface area contributed by atoms with Crippen LogP contribution in [0.5, 0.6) is 0 Å². The monoisotopic (exact) mass is 304 g/mol. The van der Waals surface area contributed by atoms with E-state index in [-0.39, 0.29) is 16.6 Å². The van der Waals surface area contributed by atoms with Gasteiger partial charge in [-0.25, -0.2) is 8.42 Å². The fourth-order valence-electron chi connectivity index (χ4n) is 2.15. The Morgan fingerprint density at radius 2 is 1.57 bits per heavy atom. The molecule has 0 saturated heterocycles. The predicted octanol–water partition coefficient (Wildman–Crippen LogP) is 2.87. The molecule has 2 aromatic carbocycles. The summed E-state index contributed by atoms with van der Waals surface area (Å²) in [7, 11) is -3.62. The molecule has 0 aliphatic heterocycles. The van der Waals surface area contributed by atoms with Crippen LogP contribution in [0.1, 0.15) is 19.4 Å². The molecule has 0 unspecified atom stereocenters. The van der Waals surface area contributed by atoms with E-state index in [9.17, 15) is 8.42 Å². The van der Waals surface area contributed by atoms with E-state index < -0.39 is 10.0 Å². The molecule has 0 bridgehead atoms. The molecule has 0 radical (unpaired) electrons. The Bertz CT molecular complexity index is 697. The molecule has 2 aromatic rings. The second-order valence-corrected chi connectivity index (χ2v) is 7.03. The van der Waals surface area contributed by atoms with E-state index in [4.69, 9.17) is 5.73 Å². The summed E-state index contributed by atoms with van der Waals surface area (Å²) < 4.78 is 27.2. The average Bonchev–Trinajstić information content (AvgIpc) is 2.45. The molecule has 0 amide bonds. The number of hydrogen-bond donors (Lipinski definition) is 1. The Morgan fingerprint density at radius 3 is 2.14 bits per heavy atom. The van der Waals surface area contributed by atoms with Crippen LogP contribution in [0.3, 0.4) is 0 Å². The SMILES string of the molecule is CC(C)N(Cc1ccccc1)S(=O)(=O)c1ccccc1N. The maximum atomic E-state index is 12.8. The molecule has 0 atom stereocenters. The molecule has 2 N–H and O–H groups in total. The smallest absolute Gasteiger partial charge is 0.245 e. The lowest BCUT2D eigenvalue weighted by Gasteiger charge is -2.26. The van der Waals surface area contributed by atoms with Crippen LogP contribution in [0.4, 0.5) is 5.69 Å². The van der Waals surface area contributed by atoms with Gasteiger partial charge in [-0.2, -0.15) is 4.31 Å². The van der Waals surface area contributed by atoms with Crippen molar-refractivity contribution in [1.29, 1.82) is 0 Å². The normalized spacial score (nSPS) is 12.0. The standard InChI is InChI=1S/C16H20N2O2S/c1-13(2)18(12-14-8-4-3-5-9-14)21(19,20)16-11-7-6-10-15(16)17/h3-11,13H,12,17H2,1-2H3. The number of benzene rings is 2. The molecule has 0 spiro atoms. The van der Waals surface area contributed by atoms with Crippen LogP contribution < -0.4 is 5.73 Å². The number of nitrogen functional groups attached to an aromatic ring is 1. The van der Waals surface area contributed by atoms with Gasteiger partial charge in [0, 0.05) is 12.6 Å². The Balaban J connectivity index is 2.40. The van der Waals surface area contributed by atoms with Gasteiger partial charge in [0.1, 0.15) is 4.90 Å². The van der Waals surface area contributed by atoms with Crippen molar-refractivity contribution in [2.45, 2.75) is 31.3 Å². The van der Waals surface area contributed by atoms with Crippen molar-refractivity contribution >= 4 is 15.7 Å². The van der Waals surface area contributed by atoms with Crippen molar-refractivity contribution in [3.8, 4) is 0 Å². The van der Waals surface area contributed by atoms with E-state index in [1.54, 1.807) is 24.3 Å². The minimum absolute atomic E-state index is 0.158. The first-order chi connectivity index (χ1) is 9.93. The van der Waals surface area contributed by atoms with Crippen LogP contribution in [0.2, 0.25) is 0 Å². The van der Waals surface area contributed by atoms with E-state index in [2.05, 4.69) is 0 Å². The highest BCUT2D eigenvalue weighted by Gasteiger charge is 2.28. The summed E-state index contributed by atoms with van der Waals surface area (Å²) in [4.78, 5) is 0.162. The third kappa shape index (κ3) is 3.43. The highest BCUT2D eigenvalue weighted by atomic mass is 32.2. The van der Waals surface area contributed by atoms with Crippen LogP contribution in [0.15, 0.2) is 59.5 Å². The Morgan fingerprint density at radius 1 is 1.00 bits per heavy atom. The minimum Gasteiger partial charge on any atom is -0.398 e. The number of nitrogens with two attached hydrogens (primary N) is 1. The summed E-state index contributed by atoms with van der Waals surface area (Å²) in [6, 6.07) is 15.9. The molecule has 0 heterocycles. The predicted molar refractivity (Wildman–Crippen MR) is 85.2 cm³/mol. The molecule has 0 saturated carbocycles. The Hall–Kier alpha value is -1.85. The van der Waals surface area contributed by atoms with Gasteiger partial charge in [0.25, 0.3) is 0 Å². The van der Waals surface area contributed by atoms with Gasteiger partial charge in [0.2, 0.25) is 10.0 Å². The first-order valence-corrected chi connectivity index (χ1v) is 8.27. The summed E-state index contributed by atoms with van der Waals surface area (Å²) in [5.41, 5.74) is 7.05. The largest absolute Gasteiger partial charge is 0.398 e.